The average Bonchev–Trinajstić information content (AvgIpc) is 2.89. The molecule has 5 heteroatoms. The van der Waals surface area contributed by atoms with Crippen LogP contribution in [0.5, 0.6) is 0 Å². The predicted molar refractivity (Wildman–Crippen MR) is 83.5 cm³/mol. The van der Waals surface area contributed by atoms with Crippen LogP contribution in [0.2, 0.25) is 0 Å². The Bertz CT molecular complexity index is 621. The van der Waals surface area contributed by atoms with Gasteiger partial charge in [-0.05, 0) is 45.0 Å². The topological polar surface area (TPSA) is 54.0 Å². The van der Waals surface area contributed by atoms with Crippen LogP contribution in [0.1, 0.15) is 40.1 Å². The van der Waals surface area contributed by atoms with Crippen LogP contribution in [0, 0.1) is 13.8 Å². The van der Waals surface area contributed by atoms with Crippen molar-refractivity contribution in [3.05, 3.63) is 46.0 Å². The molecule has 2 N–H and O–H groups in total. The zero-order valence-corrected chi connectivity index (χ0v) is 13.0. The van der Waals surface area contributed by atoms with Gasteiger partial charge in [-0.3, -0.25) is 10.1 Å². The molecule has 0 aliphatic rings. The van der Waals surface area contributed by atoms with Gasteiger partial charge in [0.05, 0.1) is 5.69 Å². The first-order valence-corrected chi connectivity index (χ1v) is 7.41. The number of benzene rings is 1. The van der Waals surface area contributed by atoms with Gasteiger partial charge in [0.25, 0.3) is 5.91 Å². The molecule has 2 rings (SSSR count). The SMILES string of the molecule is CNC(C)c1csc(NC(=O)c2cccc(C)c2C)n1. The van der Waals surface area contributed by atoms with Crippen LogP contribution in [-0.2, 0) is 0 Å². The number of nitrogens with zero attached hydrogens (tertiary/aromatic N) is 1. The number of carbonyl (C=O) groups is 1. The number of thiazole rings is 1. The molecule has 20 heavy (non-hydrogen) atoms. The van der Waals surface area contributed by atoms with Gasteiger partial charge in [0.15, 0.2) is 5.13 Å². The summed E-state index contributed by atoms with van der Waals surface area (Å²) in [5.41, 5.74) is 3.75. The molecule has 0 bridgehead atoms. The summed E-state index contributed by atoms with van der Waals surface area (Å²) in [6.07, 6.45) is 0. The van der Waals surface area contributed by atoms with E-state index in [-0.39, 0.29) is 11.9 Å². The number of amides is 1. The first kappa shape index (κ1) is 14.7. The number of aromatic nitrogens is 1. The predicted octanol–water partition coefficient (Wildman–Crippen LogP) is 3.29. The Balaban J connectivity index is 2.15. The third kappa shape index (κ3) is 3.05. The molecule has 4 nitrogen and oxygen atoms in total. The summed E-state index contributed by atoms with van der Waals surface area (Å²) >= 11 is 1.44. The molecule has 0 aliphatic heterocycles. The molecular formula is C15H19N3OS. The fraction of sp³-hybridized carbons (Fsp3) is 0.333. The Morgan fingerprint density at radius 2 is 2.10 bits per heavy atom. The second kappa shape index (κ2) is 6.15. The average molecular weight is 289 g/mol. The molecule has 0 fully saturated rings. The summed E-state index contributed by atoms with van der Waals surface area (Å²) in [6, 6.07) is 5.91. The van der Waals surface area contributed by atoms with Gasteiger partial charge in [-0.2, -0.15) is 0 Å². The Morgan fingerprint density at radius 3 is 2.80 bits per heavy atom. The molecule has 106 valence electrons. The summed E-state index contributed by atoms with van der Waals surface area (Å²) in [6.45, 7) is 5.99. The number of hydrogen-bond acceptors (Lipinski definition) is 4. The third-order valence-electron chi connectivity index (χ3n) is 3.47. The fourth-order valence-electron chi connectivity index (χ4n) is 1.85. The highest BCUT2D eigenvalue weighted by Gasteiger charge is 2.13. The Morgan fingerprint density at radius 1 is 1.35 bits per heavy atom. The van der Waals surface area contributed by atoms with Crippen molar-refractivity contribution >= 4 is 22.4 Å². The Hall–Kier alpha value is -1.72. The first-order chi connectivity index (χ1) is 9.52. The van der Waals surface area contributed by atoms with Crippen molar-refractivity contribution in [3.63, 3.8) is 0 Å². The molecule has 0 radical (unpaired) electrons. The number of anilines is 1. The van der Waals surface area contributed by atoms with Crippen molar-refractivity contribution in [2.24, 2.45) is 0 Å². The Kier molecular flexibility index (Phi) is 4.52. The molecule has 1 unspecified atom stereocenters. The Labute approximate surface area is 123 Å². The number of aryl methyl sites for hydroxylation is 1. The van der Waals surface area contributed by atoms with E-state index in [1.165, 1.54) is 11.3 Å². The third-order valence-corrected chi connectivity index (χ3v) is 4.24. The number of carbonyl (C=O) groups excluding carboxylic acids is 1. The highest BCUT2D eigenvalue weighted by atomic mass is 32.1. The van der Waals surface area contributed by atoms with E-state index < -0.39 is 0 Å². The van der Waals surface area contributed by atoms with Crippen molar-refractivity contribution in [1.29, 1.82) is 0 Å². The minimum atomic E-state index is -0.107. The molecule has 1 heterocycles. The normalized spacial score (nSPS) is 12.2. The molecule has 2 aromatic rings. The van der Waals surface area contributed by atoms with E-state index in [4.69, 9.17) is 0 Å². The van der Waals surface area contributed by atoms with Crippen LogP contribution in [0.15, 0.2) is 23.6 Å². The molecule has 0 aliphatic carbocycles. The van der Waals surface area contributed by atoms with Crippen LogP contribution in [0.3, 0.4) is 0 Å². The van der Waals surface area contributed by atoms with Crippen LogP contribution in [0.25, 0.3) is 0 Å². The summed E-state index contributed by atoms with van der Waals surface area (Å²) in [5.74, 6) is -0.107. The second-order valence-electron chi connectivity index (χ2n) is 4.79. The summed E-state index contributed by atoms with van der Waals surface area (Å²) < 4.78 is 0. The maximum absolute atomic E-state index is 12.3. The first-order valence-electron chi connectivity index (χ1n) is 6.53. The van der Waals surface area contributed by atoms with Gasteiger partial charge < -0.3 is 5.32 Å². The molecule has 1 amide bonds. The number of rotatable bonds is 4. The van der Waals surface area contributed by atoms with Crippen LogP contribution >= 0.6 is 11.3 Å². The fourth-order valence-corrected chi connectivity index (χ4v) is 2.65. The van der Waals surface area contributed by atoms with Crippen LogP contribution in [-0.4, -0.2) is 17.9 Å². The number of hydrogen-bond donors (Lipinski definition) is 2. The zero-order valence-electron chi connectivity index (χ0n) is 12.2. The van der Waals surface area contributed by atoms with E-state index in [2.05, 4.69) is 15.6 Å². The molecule has 1 aromatic carbocycles. The van der Waals surface area contributed by atoms with Crippen molar-refractivity contribution in [3.8, 4) is 0 Å². The minimum Gasteiger partial charge on any atom is -0.312 e. The number of nitrogens with one attached hydrogen (secondary N) is 2. The maximum Gasteiger partial charge on any atom is 0.257 e. The minimum absolute atomic E-state index is 0.107. The van der Waals surface area contributed by atoms with Gasteiger partial charge in [-0.1, -0.05) is 12.1 Å². The van der Waals surface area contributed by atoms with Crippen molar-refractivity contribution in [1.82, 2.24) is 10.3 Å². The zero-order chi connectivity index (χ0) is 14.7. The van der Waals surface area contributed by atoms with Crippen molar-refractivity contribution in [2.75, 3.05) is 12.4 Å². The standard InChI is InChI=1S/C15H19N3OS/c1-9-6-5-7-12(10(9)2)14(19)18-15-17-13(8-20-15)11(3)16-4/h5-8,11,16H,1-4H3,(H,17,18,19). The molecule has 1 aromatic heterocycles. The monoisotopic (exact) mass is 289 g/mol. The summed E-state index contributed by atoms with van der Waals surface area (Å²) in [7, 11) is 1.89. The molecule has 0 spiro atoms. The van der Waals surface area contributed by atoms with E-state index in [1.807, 2.05) is 51.4 Å². The van der Waals surface area contributed by atoms with Gasteiger partial charge in [-0.15, -0.1) is 11.3 Å². The van der Waals surface area contributed by atoms with E-state index >= 15 is 0 Å². The van der Waals surface area contributed by atoms with E-state index in [0.29, 0.717) is 10.7 Å². The molecule has 0 saturated carbocycles. The highest BCUT2D eigenvalue weighted by Crippen LogP contribution is 2.21. The van der Waals surface area contributed by atoms with Gasteiger partial charge in [-0.25, -0.2) is 4.98 Å². The van der Waals surface area contributed by atoms with Crippen LogP contribution in [0.4, 0.5) is 5.13 Å². The lowest BCUT2D eigenvalue weighted by atomic mass is 10.0. The van der Waals surface area contributed by atoms with E-state index in [9.17, 15) is 4.79 Å². The molecule has 1 atom stereocenters. The van der Waals surface area contributed by atoms with Crippen molar-refractivity contribution < 1.29 is 4.79 Å². The maximum atomic E-state index is 12.3. The van der Waals surface area contributed by atoms with E-state index in [0.717, 1.165) is 16.8 Å². The lowest BCUT2D eigenvalue weighted by molar-refractivity contribution is 0.102. The second-order valence-corrected chi connectivity index (χ2v) is 5.65. The molecular weight excluding hydrogens is 270 g/mol. The molecule has 0 saturated heterocycles. The lowest BCUT2D eigenvalue weighted by Gasteiger charge is -2.08. The highest BCUT2D eigenvalue weighted by molar-refractivity contribution is 7.14. The van der Waals surface area contributed by atoms with E-state index in [1.54, 1.807) is 0 Å². The van der Waals surface area contributed by atoms with Gasteiger partial charge in [0.1, 0.15) is 0 Å². The quantitative estimate of drug-likeness (QED) is 0.908. The summed E-state index contributed by atoms with van der Waals surface area (Å²) in [5, 5.41) is 8.58. The largest absolute Gasteiger partial charge is 0.312 e. The summed E-state index contributed by atoms with van der Waals surface area (Å²) in [4.78, 5) is 16.7. The lowest BCUT2D eigenvalue weighted by Crippen LogP contribution is -2.15. The van der Waals surface area contributed by atoms with Gasteiger partial charge in [0, 0.05) is 17.0 Å². The smallest absolute Gasteiger partial charge is 0.257 e. The van der Waals surface area contributed by atoms with Crippen molar-refractivity contribution in [2.45, 2.75) is 26.8 Å². The van der Waals surface area contributed by atoms with Gasteiger partial charge in [0.2, 0.25) is 0 Å². The van der Waals surface area contributed by atoms with Crippen LogP contribution < -0.4 is 10.6 Å². The van der Waals surface area contributed by atoms with Gasteiger partial charge >= 0.3 is 0 Å².